The number of aldehydes is 1. The Kier molecular flexibility index (Phi) is 3.40. The van der Waals surface area contributed by atoms with E-state index in [0.717, 1.165) is 29.3 Å². The van der Waals surface area contributed by atoms with Crippen molar-refractivity contribution in [3.05, 3.63) is 23.9 Å². The van der Waals surface area contributed by atoms with Gasteiger partial charge in [-0.25, -0.2) is 4.98 Å². The molecule has 0 radical (unpaired) electrons. The van der Waals surface area contributed by atoms with E-state index in [2.05, 4.69) is 4.98 Å². The molecule has 0 saturated heterocycles. The largest absolute Gasteiger partial charge is 0.497 e. The highest BCUT2D eigenvalue weighted by molar-refractivity contribution is 7.99. The van der Waals surface area contributed by atoms with E-state index in [1.165, 1.54) is 0 Å². The summed E-state index contributed by atoms with van der Waals surface area (Å²) in [5, 5.41) is 0.881. The molecule has 104 valence electrons. The lowest BCUT2D eigenvalue weighted by Crippen LogP contribution is -2.00. The first-order valence-electron chi connectivity index (χ1n) is 6.19. The van der Waals surface area contributed by atoms with Gasteiger partial charge >= 0.3 is 0 Å². The van der Waals surface area contributed by atoms with Crippen molar-refractivity contribution < 1.29 is 14.3 Å². The number of carbonyl (C=O) groups excluding carboxylic acids is 1. The van der Waals surface area contributed by atoms with E-state index >= 15 is 0 Å². The van der Waals surface area contributed by atoms with Gasteiger partial charge in [-0.15, -0.1) is 0 Å². The van der Waals surface area contributed by atoms with E-state index in [1.54, 1.807) is 26.0 Å². The maximum atomic E-state index is 11.4. The lowest BCUT2D eigenvalue weighted by Gasteiger charge is -2.09. The number of hydrogen-bond donors (Lipinski definition) is 0. The van der Waals surface area contributed by atoms with Gasteiger partial charge in [0.1, 0.15) is 22.9 Å². The molecule has 0 fully saturated rings. The number of hydrogen-bond acceptors (Lipinski definition) is 5. The van der Waals surface area contributed by atoms with Crippen molar-refractivity contribution in [2.75, 3.05) is 20.0 Å². The third-order valence-corrected chi connectivity index (χ3v) is 4.25. The van der Waals surface area contributed by atoms with Crippen molar-refractivity contribution in [2.45, 2.75) is 11.7 Å². The van der Waals surface area contributed by atoms with Crippen molar-refractivity contribution in [1.29, 1.82) is 0 Å². The van der Waals surface area contributed by atoms with Crippen molar-refractivity contribution in [3.8, 4) is 22.8 Å². The highest BCUT2D eigenvalue weighted by Crippen LogP contribution is 2.38. The van der Waals surface area contributed by atoms with E-state index in [1.807, 2.05) is 22.8 Å². The molecule has 2 heterocycles. The van der Waals surface area contributed by atoms with E-state index < -0.39 is 0 Å². The monoisotopic (exact) mass is 290 g/mol. The van der Waals surface area contributed by atoms with Crippen LogP contribution in [0.15, 0.2) is 23.4 Å². The van der Waals surface area contributed by atoms with Gasteiger partial charge in [0.2, 0.25) is 0 Å². The first kappa shape index (κ1) is 13.1. The van der Waals surface area contributed by atoms with E-state index in [4.69, 9.17) is 9.47 Å². The Balaban J connectivity index is 2.20. The van der Waals surface area contributed by atoms with Crippen molar-refractivity contribution in [2.24, 2.45) is 0 Å². The molecule has 0 N–H and O–H groups in total. The van der Waals surface area contributed by atoms with Gasteiger partial charge in [-0.05, 0) is 18.2 Å². The zero-order valence-electron chi connectivity index (χ0n) is 11.3. The first-order valence-corrected chi connectivity index (χ1v) is 7.18. The third-order valence-electron chi connectivity index (χ3n) is 3.29. The topological polar surface area (TPSA) is 53.4 Å². The molecule has 0 amide bonds. The second kappa shape index (κ2) is 5.20. The predicted molar refractivity (Wildman–Crippen MR) is 76.9 cm³/mol. The number of aromatic nitrogens is 2. The van der Waals surface area contributed by atoms with Gasteiger partial charge in [0, 0.05) is 17.9 Å². The van der Waals surface area contributed by atoms with Gasteiger partial charge in [0.15, 0.2) is 11.4 Å². The van der Waals surface area contributed by atoms with Crippen LogP contribution in [0.5, 0.6) is 11.5 Å². The van der Waals surface area contributed by atoms with E-state index in [0.29, 0.717) is 22.9 Å². The minimum Gasteiger partial charge on any atom is -0.497 e. The molecule has 0 unspecified atom stereocenters. The number of fused-ring (bicyclic) bond motifs is 1. The Bertz CT molecular complexity index is 667. The molecular formula is C14H14N2O3S. The molecule has 1 aromatic heterocycles. The Morgan fingerprint density at radius 2 is 2.20 bits per heavy atom. The van der Waals surface area contributed by atoms with Gasteiger partial charge in [-0.2, -0.15) is 0 Å². The summed E-state index contributed by atoms with van der Waals surface area (Å²) in [6, 6.07) is 5.48. The normalized spacial score (nSPS) is 13.1. The molecule has 0 aliphatic carbocycles. The third kappa shape index (κ3) is 1.96. The van der Waals surface area contributed by atoms with Gasteiger partial charge in [-0.3, -0.25) is 4.79 Å². The molecule has 6 heteroatoms. The van der Waals surface area contributed by atoms with Crippen LogP contribution in [0.1, 0.15) is 10.5 Å². The molecule has 1 aromatic carbocycles. The predicted octanol–water partition coefficient (Wildman–Crippen LogP) is 2.49. The zero-order valence-corrected chi connectivity index (χ0v) is 12.1. The van der Waals surface area contributed by atoms with Crippen molar-refractivity contribution >= 4 is 18.0 Å². The minimum absolute atomic E-state index is 0.594. The fourth-order valence-electron chi connectivity index (χ4n) is 2.32. The number of thioether (sulfide) groups is 1. The summed E-state index contributed by atoms with van der Waals surface area (Å²) in [4.78, 5) is 16.0. The molecule has 20 heavy (non-hydrogen) atoms. The summed E-state index contributed by atoms with van der Waals surface area (Å²) < 4.78 is 12.6. The van der Waals surface area contributed by atoms with Gasteiger partial charge in [0.25, 0.3) is 0 Å². The second-order valence-corrected chi connectivity index (χ2v) is 5.37. The molecular weight excluding hydrogens is 276 g/mol. The molecule has 3 rings (SSSR count). The fraction of sp³-hybridized carbons (Fsp3) is 0.286. The molecule has 0 saturated carbocycles. The van der Waals surface area contributed by atoms with E-state index in [-0.39, 0.29) is 0 Å². The Labute approximate surface area is 120 Å². The van der Waals surface area contributed by atoms with Crippen LogP contribution in [0, 0.1) is 0 Å². The summed E-state index contributed by atoms with van der Waals surface area (Å²) in [6.07, 6.45) is 0.858. The van der Waals surface area contributed by atoms with Gasteiger partial charge in [-0.1, -0.05) is 11.8 Å². The summed E-state index contributed by atoms with van der Waals surface area (Å²) in [5.41, 5.74) is 2.02. The number of imidazole rings is 1. The number of ether oxygens (including phenoxy) is 2. The fourth-order valence-corrected chi connectivity index (χ4v) is 3.27. The van der Waals surface area contributed by atoms with Crippen LogP contribution in [0.2, 0.25) is 0 Å². The van der Waals surface area contributed by atoms with Crippen LogP contribution in [-0.2, 0) is 6.54 Å². The van der Waals surface area contributed by atoms with Crippen molar-refractivity contribution in [3.63, 3.8) is 0 Å². The SMILES string of the molecule is COc1ccc(OC)c(-c2nc3n(c2C=O)CCS3)c1. The van der Waals surface area contributed by atoms with Crippen molar-refractivity contribution in [1.82, 2.24) is 9.55 Å². The molecule has 1 aliphatic heterocycles. The molecule has 0 atom stereocenters. The zero-order chi connectivity index (χ0) is 14.1. The summed E-state index contributed by atoms with van der Waals surface area (Å²) in [7, 11) is 3.21. The Morgan fingerprint density at radius 1 is 1.35 bits per heavy atom. The lowest BCUT2D eigenvalue weighted by atomic mass is 10.1. The number of rotatable bonds is 4. The number of nitrogens with zero attached hydrogens (tertiary/aromatic N) is 2. The average molecular weight is 290 g/mol. The number of benzene rings is 1. The van der Waals surface area contributed by atoms with Crippen LogP contribution in [0.3, 0.4) is 0 Å². The second-order valence-electron chi connectivity index (χ2n) is 4.31. The summed E-state index contributed by atoms with van der Waals surface area (Å²) in [6.45, 7) is 0.813. The van der Waals surface area contributed by atoms with E-state index in [9.17, 15) is 4.79 Å². The highest BCUT2D eigenvalue weighted by Gasteiger charge is 2.24. The maximum absolute atomic E-state index is 11.4. The Hall–Kier alpha value is -1.95. The summed E-state index contributed by atoms with van der Waals surface area (Å²) >= 11 is 1.66. The van der Waals surface area contributed by atoms with Crippen LogP contribution in [-0.4, -0.2) is 35.8 Å². The molecule has 1 aliphatic rings. The Morgan fingerprint density at radius 3 is 2.90 bits per heavy atom. The average Bonchev–Trinajstić information content (AvgIpc) is 3.06. The standard InChI is InChI=1S/C14H14N2O3S/c1-18-9-3-4-12(19-2)10(7-9)13-11(8-17)16-5-6-20-14(16)15-13/h3-4,7-8H,5-6H2,1-2H3. The van der Waals surface area contributed by atoms with Gasteiger partial charge < -0.3 is 14.0 Å². The summed E-state index contributed by atoms with van der Waals surface area (Å²) in [5.74, 6) is 2.34. The minimum atomic E-state index is 0.594. The van der Waals surface area contributed by atoms with Crippen LogP contribution >= 0.6 is 11.8 Å². The van der Waals surface area contributed by atoms with Gasteiger partial charge in [0.05, 0.1) is 14.2 Å². The van der Waals surface area contributed by atoms with Crippen LogP contribution in [0.25, 0.3) is 11.3 Å². The molecule has 5 nitrogen and oxygen atoms in total. The number of carbonyl (C=O) groups is 1. The smallest absolute Gasteiger partial charge is 0.169 e. The van der Waals surface area contributed by atoms with Crippen LogP contribution < -0.4 is 9.47 Å². The van der Waals surface area contributed by atoms with Crippen LogP contribution in [0.4, 0.5) is 0 Å². The molecule has 0 spiro atoms. The molecule has 2 aromatic rings. The lowest BCUT2D eigenvalue weighted by molar-refractivity contribution is 0.111. The maximum Gasteiger partial charge on any atom is 0.169 e. The first-order chi connectivity index (χ1) is 9.78. The molecule has 0 bridgehead atoms. The highest BCUT2D eigenvalue weighted by atomic mass is 32.2. The number of methoxy groups -OCH3 is 2. The quantitative estimate of drug-likeness (QED) is 0.810.